The lowest BCUT2D eigenvalue weighted by molar-refractivity contribution is -0.149. The van der Waals surface area contributed by atoms with E-state index in [4.69, 9.17) is 4.74 Å². The van der Waals surface area contributed by atoms with Crippen LogP contribution in [0.5, 0.6) is 0 Å². The molecule has 2 aliphatic heterocycles. The molecule has 22 heavy (non-hydrogen) atoms. The summed E-state index contributed by atoms with van der Waals surface area (Å²) < 4.78 is 18.3. The number of nitrogens with zero attached hydrogens (tertiary/aromatic N) is 1. The minimum Gasteiger partial charge on any atom is -0.469 e. The van der Waals surface area contributed by atoms with E-state index in [1.165, 1.54) is 19.2 Å². The Morgan fingerprint density at radius 3 is 2.68 bits per heavy atom. The Hall–Kier alpha value is -1.84. The van der Waals surface area contributed by atoms with Crippen LogP contribution in [0.25, 0.3) is 0 Å². The van der Waals surface area contributed by atoms with Crippen molar-refractivity contribution in [1.82, 2.24) is 4.90 Å². The van der Waals surface area contributed by atoms with Crippen LogP contribution in [0.1, 0.15) is 37.7 Å². The van der Waals surface area contributed by atoms with Gasteiger partial charge >= 0.3 is 5.97 Å². The van der Waals surface area contributed by atoms with Crippen LogP contribution in [-0.2, 0) is 9.53 Å². The van der Waals surface area contributed by atoms with Crippen LogP contribution in [0.4, 0.5) is 4.39 Å². The van der Waals surface area contributed by atoms with Crippen molar-refractivity contribution >= 4 is 5.97 Å². The average molecular weight is 303 g/mol. The molecule has 2 bridgehead atoms. The van der Waals surface area contributed by atoms with Gasteiger partial charge in [-0.1, -0.05) is 18.2 Å². The fraction of sp³-hybridized carbons (Fsp3) is 0.500. The summed E-state index contributed by atoms with van der Waals surface area (Å²) in [5.74, 6) is -0.487. The molecule has 0 unspecified atom stereocenters. The molecule has 3 rings (SSSR count). The molecule has 3 nitrogen and oxygen atoms in total. The highest BCUT2D eigenvalue weighted by atomic mass is 19.1. The molecule has 0 amide bonds. The third-order valence-corrected chi connectivity index (χ3v) is 5.07. The molecule has 2 saturated heterocycles. The summed E-state index contributed by atoms with van der Waals surface area (Å²) in [6.07, 6.45) is 7.13. The lowest BCUT2D eigenvalue weighted by Gasteiger charge is -2.43. The number of esters is 1. The molecule has 1 aromatic rings. The molecule has 2 heterocycles. The van der Waals surface area contributed by atoms with Crippen LogP contribution in [0.2, 0.25) is 0 Å². The van der Waals surface area contributed by atoms with E-state index in [1.807, 2.05) is 13.0 Å². The first kappa shape index (κ1) is 15.1. The maximum atomic E-state index is 13.2. The van der Waals surface area contributed by atoms with Crippen molar-refractivity contribution in [2.24, 2.45) is 5.92 Å². The number of piperidine rings is 1. The molecule has 4 heteroatoms. The smallest absolute Gasteiger partial charge is 0.311 e. The summed E-state index contributed by atoms with van der Waals surface area (Å²) >= 11 is 0. The Morgan fingerprint density at radius 1 is 1.32 bits per heavy atom. The summed E-state index contributed by atoms with van der Waals surface area (Å²) in [7, 11) is 1.45. The largest absolute Gasteiger partial charge is 0.469 e. The number of carbonyl (C=O) groups is 1. The predicted molar refractivity (Wildman–Crippen MR) is 82.7 cm³/mol. The third-order valence-electron chi connectivity index (χ3n) is 5.07. The summed E-state index contributed by atoms with van der Waals surface area (Å²) in [6, 6.07) is 7.20. The van der Waals surface area contributed by atoms with Crippen LogP contribution >= 0.6 is 0 Å². The summed E-state index contributed by atoms with van der Waals surface area (Å²) in [6.45, 7) is 2.00. The topological polar surface area (TPSA) is 29.5 Å². The lowest BCUT2D eigenvalue weighted by atomic mass is 9.76. The number of methoxy groups -OCH3 is 1. The number of carbonyl (C=O) groups excluding carboxylic acids is 1. The van der Waals surface area contributed by atoms with Crippen molar-refractivity contribution in [2.45, 2.75) is 44.2 Å². The number of halogens is 1. The molecule has 0 spiro atoms. The molecule has 118 valence electrons. The number of rotatable bonds is 3. The van der Waals surface area contributed by atoms with Gasteiger partial charge in [-0.05, 0) is 50.1 Å². The fourth-order valence-electron chi connectivity index (χ4n) is 4.16. The molecule has 0 N–H and O–H groups in total. The van der Waals surface area contributed by atoms with Gasteiger partial charge in [0.1, 0.15) is 5.82 Å². The predicted octanol–water partition coefficient (Wildman–Crippen LogP) is 3.47. The van der Waals surface area contributed by atoms with E-state index < -0.39 is 0 Å². The van der Waals surface area contributed by atoms with Crippen molar-refractivity contribution in [2.75, 3.05) is 7.11 Å². The van der Waals surface area contributed by atoms with Crippen molar-refractivity contribution in [3.63, 3.8) is 0 Å². The van der Waals surface area contributed by atoms with Crippen molar-refractivity contribution in [3.05, 3.63) is 47.9 Å². The molecule has 0 saturated carbocycles. The van der Waals surface area contributed by atoms with Gasteiger partial charge in [0, 0.05) is 18.0 Å². The van der Waals surface area contributed by atoms with Gasteiger partial charge in [0.05, 0.1) is 13.0 Å². The second kappa shape index (κ2) is 6.11. The van der Waals surface area contributed by atoms with Gasteiger partial charge in [0.15, 0.2) is 0 Å². The van der Waals surface area contributed by atoms with E-state index in [0.717, 1.165) is 24.8 Å². The van der Waals surface area contributed by atoms with E-state index in [1.54, 1.807) is 12.1 Å². The SMILES string of the molecule is C/C=C\N1[C@H]2CC[C@@H]1[C@@H](C(=O)OC)[C@@H](c1ccc(F)cc1)C2. The zero-order valence-corrected chi connectivity index (χ0v) is 13.0. The first-order chi connectivity index (χ1) is 10.7. The number of fused-ring (bicyclic) bond motifs is 2. The number of benzene rings is 1. The summed E-state index contributed by atoms with van der Waals surface area (Å²) in [5.41, 5.74) is 1.04. The second-order valence-electron chi connectivity index (χ2n) is 6.17. The number of ether oxygens (including phenoxy) is 1. The first-order valence-corrected chi connectivity index (χ1v) is 7.89. The highest BCUT2D eigenvalue weighted by Crippen LogP contribution is 2.47. The Balaban J connectivity index is 1.96. The zero-order valence-electron chi connectivity index (χ0n) is 13.0. The summed E-state index contributed by atoms with van der Waals surface area (Å²) in [5, 5.41) is 0. The molecule has 2 fully saturated rings. The van der Waals surface area contributed by atoms with Crippen molar-refractivity contribution in [1.29, 1.82) is 0 Å². The Labute approximate surface area is 130 Å². The number of hydrogen-bond acceptors (Lipinski definition) is 3. The van der Waals surface area contributed by atoms with Gasteiger partial charge in [-0.2, -0.15) is 0 Å². The maximum Gasteiger partial charge on any atom is 0.311 e. The molecule has 2 aliphatic rings. The Bertz CT molecular complexity index is 569. The normalized spacial score (nSPS) is 30.8. The third kappa shape index (κ3) is 2.51. The van der Waals surface area contributed by atoms with Gasteiger partial charge in [-0.3, -0.25) is 4.79 Å². The number of hydrogen-bond donors (Lipinski definition) is 0. The van der Waals surface area contributed by atoms with Crippen molar-refractivity contribution < 1.29 is 13.9 Å². The summed E-state index contributed by atoms with van der Waals surface area (Å²) in [4.78, 5) is 14.7. The monoisotopic (exact) mass is 303 g/mol. The minimum absolute atomic E-state index is 0.104. The van der Waals surface area contributed by atoms with Crippen LogP contribution in [0.15, 0.2) is 36.5 Å². The van der Waals surface area contributed by atoms with Gasteiger partial charge in [-0.25, -0.2) is 4.39 Å². The van der Waals surface area contributed by atoms with E-state index in [-0.39, 0.29) is 29.7 Å². The number of allylic oxidation sites excluding steroid dienone is 1. The zero-order chi connectivity index (χ0) is 15.7. The lowest BCUT2D eigenvalue weighted by Crippen LogP contribution is -2.48. The van der Waals surface area contributed by atoms with E-state index in [0.29, 0.717) is 6.04 Å². The molecule has 4 atom stereocenters. The fourth-order valence-corrected chi connectivity index (χ4v) is 4.16. The van der Waals surface area contributed by atoms with E-state index in [9.17, 15) is 9.18 Å². The Kier molecular flexibility index (Phi) is 4.19. The van der Waals surface area contributed by atoms with Gasteiger partial charge in [-0.15, -0.1) is 0 Å². The molecular weight excluding hydrogens is 281 g/mol. The maximum absolute atomic E-state index is 13.2. The van der Waals surface area contributed by atoms with Crippen LogP contribution < -0.4 is 0 Å². The molecule has 0 radical (unpaired) electrons. The van der Waals surface area contributed by atoms with Crippen LogP contribution in [-0.4, -0.2) is 30.1 Å². The van der Waals surface area contributed by atoms with Gasteiger partial charge in [0.25, 0.3) is 0 Å². The molecule has 1 aromatic carbocycles. The van der Waals surface area contributed by atoms with Crippen molar-refractivity contribution in [3.8, 4) is 0 Å². The van der Waals surface area contributed by atoms with Crippen LogP contribution in [0, 0.1) is 11.7 Å². The second-order valence-corrected chi connectivity index (χ2v) is 6.17. The average Bonchev–Trinajstić information content (AvgIpc) is 2.80. The quantitative estimate of drug-likeness (QED) is 0.801. The molecular formula is C18H22FNO2. The van der Waals surface area contributed by atoms with E-state index >= 15 is 0 Å². The molecule has 0 aromatic heterocycles. The standard InChI is InChI=1S/C18H22FNO2/c1-3-10-20-14-8-9-16(20)17(18(21)22-2)15(11-14)12-4-6-13(19)7-5-12/h3-7,10,14-17H,8-9,11H2,1-2H3/b10-3-/t14-,15+,16+,17-/m0/s1. The van der Waals surface area contributed by atoms with E-state index in [2.05, 4.69) is 11.1 Å². The Morgan fingerprint density at radius 2 is 2.05 bits per heavy atom. The molecule has 0 aliphatic carbocycles. The highest BCUT2D eigenvalue weighted by molar-refractivity contribution is 5.75. The van der Waals surface area contributed by atoms with Gasteiger partial charge in [0.2, 0.25) is 0 Å². The minimum atomic E-state index is -0.243. The van der Waals surface area contributed by atoms with Crippen LogP contribution in [0.3, 0.4) is 0 Å². The van der Waals surface area contributed by atoms with Gasteiger partial charge < -0.3 is 9.64 Å². The first-order valence-electron chi connectivity index (χ1n) is 7.89. The highest BCUT2D eigenvalue weighted by Gasteiger charge is 2.49.